The molecule has 13 heteroatoms. The molecule has 29 heavy (non-hydrogen) atoms. The molecule has 0 radical (unpaired) electrons. The van der Waals surface area contributed by atoms with Crippen molar-refractivity contribution in [1.29, 1.82) is 0 Å². The fourth-order valence-corrected chi connectivity index (χ4v) is 7.35. The molecule has 1 aliphatic heterocycles. The molecule has 1 unspecified atom stereocenters. The van der Waals surface area contributed by atoms with Crippen molar-refractivity contribution in [2.45, 2.75) is 46.0 Å². The first-order chi connectivity index (χ1) is 13.3. The van der Waals surface area contributed by atoms with Crippen molar-refractivity contribution in [3.05, 3.63) is 0 Å². The van der Waals surface area contributed by atoms with Gasteiger partial charge in [0, 0.05) is 34.1 Å². The number of nitrogens with zero attached hydrogens (tertiary/aromatic N) is 1. The van der Waals surface area contributed by atoms with Crippen molar-refractivity contribution >= 4 is 65.4 Å². The van der Waals surface area contributed by atoms with Gasteiger partial charge in [0.05, 0.1) is 26.2 Å². The molecule has 0 spiro atoms. The maximum absolute atomic E-state index is 13.0. The summed E-state index contributed by atoms with van der Waals surface area (Å²) in [6.45, 7) is 4.53. The molecule has 0 aliphatic carbocycles. The maximum Gasteiger partial charge on any atom is 0.263 e. The predicted octanol–water partition coefficient (Wildman–Crippen LogP) is 1.83. The van der Waals surface area contributed by atoms with E-state index < -0.39 is 36.3 Å². The van der Waals surface area contributed by atoms with Gasteiger partial charge in [-0.05, 0) is 11.8 Å². The highest BCUT2D eigenvalue weighted by molar-refractivity contribution is 8.67. The lowest BCUT2D eigenvalue weighted by molar-refractivity contribution is -0.143. The number of rotatable bonds is 10. The number of nitrogens with one attached hydrogen (secondary N) is 1. The Hall–Kier alpha value is 0.480. The normalized spacial score (nSPS) is 20.6. The Bertz CT molecular complexity index is 623. The van der Waals surface area contributed by atoms with Crippen LogP contribution >= 0.6 is 41.8 Å². The number of aliphatic hydroxyl groups excluding tert-OH is 2. The number of carbonyl (C=O) groups is 2. The summed E-state index contributed by atoms with van der Waals surface area (Å²) in [6.07, 6.45) is -1.70. The van der Waals surface area contributed by atoms with E-state index in [0.29, 0.717) is 25.5 Å². The molecule has 1 fully saturated rings. The Morgan fingerprint density at radius 1 is 1.38 bits per heavy atom. The van der Waals surface area contributed by atoms with Crippen LogP contribution in [0.2, 0.25) is 0 Å². The van der Waals surface area contributed by atoms with Crippen LogP contribution < -0.4 is 5.32 Å². The zero-order valence-electron chi connectivity index (χ0n) is 17.0. The fourth-order valence-electron chi connectivity index (χ4n) is 2.32. The molecule has 170 valence electrons. The average Bonchev–Trinajstić information content (AvgIpc) is 2.67. The second-order valence-electron chi connectivity index (χ2n) is 8.30. The van der Waals surface area contributed by atoms with Gasteiger partial charge in [0.15, 0.2) is 0 Å². The molecule has 0 aromatic heterocycles. The van der Waals surface area contributed by atoms with E-state index in [4.69, 9.17) is 20.9 Å². The molecular weight excluding hydrogens is 475 g/mol. The number of amides is 2. The van der Waals surface area contributed by atoms with Crippen LogP contribution in [0, 0.1) is 10.8 Å². The third kappa shape index (κ3) is 7.54. The molecule has 0 aromatic carbocycles. The lowest BCUT2D eigenvalue weighted by atomic mass is 9.87. The average molecular weight is 507 g/mol. The first-order valence-corrected chi connectivity index (χ1v) is 14.2. The highest BCUT2D eigenvalue weighted by Gasteiger charge is 2.47. The third-order valence-corrected chi connectivity index (χ3v) is 9.40. The van der Waals surface area contributed by atoms with Crippen LogP contribution in [0.4, 0.5) is 0 Å². The van der Waals surface area contributed by atoms with Gasteiger partial charge in [-0.2, -0.15) is 12.6 Å². The summed E-state index contributed by atoms with van der Waals surface area (Å²) in [4.78, 5) is 25.5. The van der Waals surface area contributed by atoms with Gasteiger partial charge in [0.2, 0.25) is 12.4 Å². The van der Waals surface area contributed by atoms with Gasteiger partial charge in [-0.25, -0.2) is 0 Å². The molecule has 2 atom stereocenters. The Morgan fingerprint density at radius 2 is 1.93 bits per heavy atom. The number of hydrogen-bond acceptors (Lipinski definition) is 10. The zero-order valence-corrected chi connectivity index (χ0v) is 21.3. The first kappa shape index (κ1) is 27.5. The molecule has 2 amide bonds. The molecule has 0 aromatic rings. The van der Waals surface area contributed by atoms with Gasteiger partial charge in [-0.15, -0.1) is 0 Å². The minimum Gasteiger partial charge on any atom is -0.396 e. The molecule has 1 heterocycles. The van der Waals surface area contributed by atoms with Crippen molar-refractivity contribution in [2.75, 3.05) is 32.1 Å². The molecule has 0 bridgehead atoms. The summed E-state index contributed by atoms with van der Waals surface area (Å²) in [5, 5.41) is 22.7. The smallest absolute Gasteiger partial charge is 0.263 e. The second kappa shape index (κ2) is 11.4. The van der Waals surface area contributed by atoms with Crippen molar-refractivity contribution in [3.8, 4) is 0 Å². The van der Waals surface area contributed by atoms with Gasteiger partial charge < -0.3 is 24.6 Å². The van der Waals surface area contributed by atoms with E-state index in [2.05, 4.69) is 29.6 Å². The molecule has 1 rings (SSSR count). The van der Waals surface area contributed by atoms with Crippen LogP contribution in [0.15, 0.2) is 0 Å². The minimum absolute atomic E-state index is 0.170. The SMILES string of the molecule is CC1(C)COP(=S)(C(CC(=O)NCCS)N(SS)C(=O)[C@H](O)C(C)(C)CO)OC1. The van der Waals surface area contributed by atoms with Crippen LogP contribution in [0.5, 0.6) is 0 Å². The quantitative estimate of drug-likeness (QED) is 0.132. The van der Waals surface area contributed by atoms with E-state index in [9.17, 15) is 19.8 Å². The lowest BCUT2D eigenvalue weighted by Gasteiger charge is -2.43. The number of aliphatic hydroxyl groups is 2. The van der Waals surface area contributed by atoms with E-state index in [1.807, 2.05) is 13.8 Å². The van der Waals surface area contributed by atoms with E-state index >= 15 is 0 Å². The Morgan fingerprint density at radius 3 is 2.38 bits per heavy atom. The van der Waals surface area contributed by atoms with Crippen LogP contribution in [-0.2, 0) is 30.4 Å². The monoisotopic (exact) mass is 506 g/mol. The Labute approximate surface area is 192 Å². The highest BCUT2D eigenvalue weighted by atomic mass is 33.1. The summed E-state index contributed by atoms with van der Waals surface area (Å²) < 4.78 is 13.0. The second-order valence-corrected chi connectivity index (χ2v) is 13.5. The van der Waals surface area contributed by atoms with Gasteiger partial charge >= 0.3 is 0 Å². The van der Waals surface area contributed by atoms with Gasteiger partial charge in [0.25, 0.3) is 5.91 Å². The predicted molar refractivity (Wildman–Crippen MR) is 126 cm³/mol. The van der Waals surface area contributed by atoms with Crippen molar-refractivity contribution in [1.82, 2.24) is 9.62 Å². The largest absolute Gasteiger partial charge is 0.396 e. The molecule has 1 saturated heterocycles. The molecule has 3 N–H and O–H groups in total. The summed E-state index contributed by atoms with van der Waals surface area (Å²) >= 11 is 13.9. The standard InChI is InChI=1S/C16H31N2O6PS4/c1-15(2)9-23-25(27,24-10-15)12(7-11(20)17-5-6-26)18(29-28)14(22)13(21)16(3,4)8-19/h12-13,19,21,26,28H,5-10H2,1-4H3,(H,17,20)/t12?,13-/m0/s1. The highest BCUT2D eigenvalue weighted by Crippen LogP contribution is 2.61. The fraction of sp³-hybridized carbons (Fsp3) is 0.875. The molecule has 0 saturated carbocycles. The number of thiol groups is 2. The van der Waals surface area contributed by atoms with Crippen LogP contribution in [0.3, 0.4) is 0 Å². The van der Waals surface area contributed by atoms with Gasteiger partial charge in [-0.1, -0.05) is 39.4 Å². The zero-order chi connectivity index (χ0) is 22.5. The minimum atomic E-state index is -3.10. The van der Waals surface area contributed by atoms with Gasteiger partial charge in [-0.3, -0.25) is 13.9 Å². The number of carbonyl (C=O) groups excluding carboxylic acids is 2. The summed E-state index contributed by atoms with van der Waals surface area (Å²) in [6, 6.07) is 0. The Kier molecular flexibility index (Phi) is 10.8. The third-order valence-electron chi connectivity index (χ3n) is 4.39. The van der Waals surface area contributed by atoms with Crippen molar-refractivity contribution in [2.24, 2.45) is 10.8 Å². The Balaban J connectivity index is 3.21. The van der Waals surface area contributed by atoms with Crippen molar-refractivity contribution < 1.29 is 28.8 Å². The molecular formula is C16H31N2O6PS4. The van der Waals surface area contributed by atoms with E-state index in [0.717, 1.165) is 15.3 Å². The van der Waals surface area contributed by atoms with E-state index in [1.54, 1.807) is 13.8 Å². The lowest BCUT2D eigenvalue weighted by Crippen LogP contribution is -2.50. The van der Waals surface area contributed by atoms with Crippen LogP contribution in [-0.4, -0.2) is 70.3 Å². The van der Waals surface area contributed by atoms with E-state index in [-0.39, 0.29) is 17.7 Å². The number of hydrogen-bond donors (Lipinski definition) is 5. The van der Waals surface area contributed by atoms with E-state index in [1.165, 1.54) is 0 Å². The van der Waals surface area contributed by atoms with Crippen LogP contribution in [0.25, 0.3) is 0 Å². The van der Waals surface area contributed by atoms with Crippen LogP contribution in [0.1, 0.15) is 34.1 Å². The topological polar surface area (TPSA) is 108 Å². The summed E-state index contributed by atoms with van der Waals surface area (Å²) in [5.74, 6) is -1.55. The van der Waals surface area contributed by atoms with Crippen molar-refractivity contribution in [3.63, 3.8) is 0 Å². The maximum atomic E-state index is 13.0. The summed E-state index contributed by atoms with van der Waals surface area (Å²) in [7, 11) is 0.742. The van der Waals surface area contributed by atoms with Gasteiger partial charge in [0.1, 0.15) is 11.9 Å². The molecule has 1 aliphatic rings. The molecule has 8 nitrogen and oxygen atoms in total. The summed E-state index contributed by atoms with van der Waals surface area (Å²) in [5.41, 5.74) is -1.34. The first-order valence-electron chi connectivity index (χ1n) is 9.03.